The van der Waals surface area contributed by atoms with Crippen LogP contribution >= 0.6 is 0 Å². The molecular formula is C23H24N4O3. The SMILES string of the molecule is CCCn1c2ccccc2c2cnn(CC(=O)NCc3ccccc3OC)c(=O)c21. The van der Waals surface area contributed by atoms with Gasteiger partial charge >= 0.3 is 0 Å². The van der Waals surface area contributed by atoms with Crippen LogP contribution in [0.3, 0.4) is 0 Å². The van der Waals surface area contributed by atoms with Crippen molar-refractivity contribution >= 4 is 27.7 Å². The number of fused-ring (bicyclic) bond motifs is 3. The molecule has 2 heterocycles. The van der Waals surface area contributed by atoms with Crippen LogP contribution in [-0.2, 0) is 24.4 Å². The van der Waals surface area contributed by atoms with Gasteiger partial charge in [-0.3, -0.25) is 9.59 Å². The molecule has 4 aromatic rings. The number of benzene rings is 2. The fourth-order valence-electron chi connectivity index (χ4n) is 3.80. The Balaban J connectivity index is 1.62. The Morgan fingerprint density at radius 2 is 1.87 bits per heavy atom. The molecule has 154 valence electrons. The molecule has 1 N–H and O–H groups in total. The minimum atomic E-state index is -0.284. The van der Waals surface area contributed by atoms with Crippen molar-refractivity contribution < 1.29 is 9.53 Å². The number of para-hydroxylation sites is 2. The summed E-state index contributed by atoms with van der Waals surface area (Å²) < 4.78 is 8.56. The lowest BCUT2D eigenvalue weighted by Crippen LogP contribution is -2.33. The van der Waals surface area contributed by atoms with Crippen molar-refractivity contribution in [3.05, 3.63) is 70.6 Å². The Kier molecular flexibility index (Phi) is 5.52. The van der Waals surface area contributed by atoms with E-state index in [1.54, 1.807) is 13.3 Å². The molecule has 0 aliphatic carbocycles. The van der Waals surface area contributed by atoms with Crippen molar-refractivity contribution in [2.45, 2.75) is 33.0 Å². The van der Waals surface area contributed by atoms with E-state index < -0.39 is 0 Å². The third kappa shape index (κ3) is 3.54. The number of aryl methyl sites for hydroxylation is 1. The largest absolute Gasteiger partial charge is 0.496 e. The predicted molar refractivity (Wildman–Crippen MR) is 117 cm³/mol. The number of carbonyl (C=O) groups is 1. The van der Waals surface area contributed by atoms with Gasteiger partial charge in [0.1, 0.15) is 17.8 Å². The van der Waals surface area contributed by atoms with Crippen LogP contribution < -0.4 is 15.6 Å². The van der Waals surface area contributed by atoms with Crippen LogP contribution in [0, 0.1) is 0 Å². The van der Waals surface area contributed by atoms with Crippen LogP contribution in [0.15, 0.2) is 59.5 Å². The van der Waals surface area contributed by atoms with E-state index in [0.717, 1.165) is 34.8 Å². The first-order chi connectivity index (χ1) is 14.6. The highest BCUT2D eigenvalue weighted by Gasteiger charge is 2.16. The summed E-state index contributed by atoms with van der Waals surface area (Å²) in [6.45, 7) is 2.97. The highest BCUT2D eigenvalue weighted by molar-refractivity contribution is 6.07. The number of methoxy groups -OCH3 is 1. The average Bonchev–Trinajstić information content (AvgIpc) is 3.09. The van der Waals surface area contributed by atoms with E-state index in [0.29, 0.717) is 17.8 Å². The third-order valence-electron chi connectivity index (χ3n) is 5.18. The van der Waals surface area contributed by atoms with Gasteiger partial charge in [0.05, 0.1) is 13.3 Å². The Bertz CT molecular complexity index is 1270. The molecule has 0 spiro atoms. The summed E-state index contributed by atoms with van der Waals surface area (Å²) in [4.78, 5) is 25.7. The first-order valence-corrected chi connectivity index (χ1v) is 9.99. The maximum atomic E-state index is 13.2. The zero-order chi connectivity index (χ0) is 21.1. The summed E-state index contributed by atoms with van der Waals surface area (Å²) in [5.41, 5.74) is 2.20. The monoisotopic (exact) mass is 404 g/mol. The van der Waals surface area contributed by atoms with Crippen LogP contribution in [0.4, 0.5) is 0 Å². The summed E-state index contributed by atoms with van der Waals surface area (Å²) in [5.74, 6) is 0.423. The Morgan fingerprint density at radius 1 is 1.10 bits per heavy atom. The van der Waals surface area contributed by atoms with Crippen molar-refractivity contribution in [1.29, 1.82) is 0 Å². The number of carbonyl (C=O) groups excluding carboxylic acids is 1. The topological polar surface area (TPSA) is 78.2 Å². The van der Waals surface area contributed by atoms with Gasteiger partial charge in [-0.1, -0.05) is 43.3 Å². The van der Waals surface area contributed by atoms with E-state index in [9.17, 15) is 9.59 Å². The molecule has 0 bridgehead atoms. The van der Waals surface area contributed by atoms with Gasteiger partial charge in [0.15, 0.2) is 0 Å². The second-order valence-electron chi connectivity index (χ2n) is 7.13. The van der Waals surface area contributed by atoms with Crippen LogP contribution in [0.5, 0.6) is 5.75 Å². The molecule has 0 saturated heterocycles. The number of nitrogens with zero attached hydrogens (tertiary/aromatic N) is 3. The lowest BCUT2D eigenvalue weighted by Gasteiger charge is -2.10. The van der Waals surface area contributed by atoms with Gasteiger partial charge < -0.3 is 14.6 Å². The molecule has 0 unspecified atom stereocenters. The molecule has 0 saturated carbocycles. The number of ether oxygens (including phenoxy) is 1. The molecule has 1 amide bonds. The summed E-state index contributed by atoms with van der Waals surface area (Å²) in [6.07, 6.45) is 2.58. The number of aromatic nitrogens is 3. The van der Waals surface area contributed by atoms with Crippen LogP contribution in [0.25, 0.3) is 21.8 Å². The second-order valence-corrected chi connectivity index (χ2v) is 7.13. The van der Waals surface area contributed by atoms with Gasteiger partial charge in [-0.2, -0.15) is 5.10 Å². The van der Waals surface area contributed by atoms with Gasteiger partial charge in [-0.05, 0) is 18.6 Å². The van der Waals surface area contributed by atoms with Crippen LogP contribution in [-0.4, -0.2) is 27.4 Å². The van der Waals surface area contributed by atoms with E-state index in [4.69, 9.17) is 4.74 Å². The van der Waals surface area contributed by atoms with Gasteiger partial charge in [0.2, 0.25) is 5.91 Å². The number of amides is 1. The maximum absolute atomic E-state index is 13.2. The van der Waals surface area contributed by atoms with E-state index in [2.05, 4.69) is 17.3 Å². The first kappa shape index (κ1) is 19.7. The fourth-order valence-corrected chi connectivity index (χ4v) is 3.80. The number of nitrogens with one attached hydrogen (secondary N) is 1. The van der Waals surface area contributed by atoms with Crippen molar-refractivity contribution in [2.75, 3.05) is 7.11 Å². The summed E-state index contributed by atoms with van der Waals surface area (Å²) in [6, 6.07) is 15.4. The normalized spacial score (nSPS) is 11.1. The lowest BCUT2D eigenvalue weighted by atomic mass is 10.2. The molecule has 7 heteroatoms. The van der Waals surface area contributed by atoms with Crippen LogP contribution in [0.1, 0.15) is 18.9 Å². The second kappa shape index (κ2) is 8.41. The van der Waals surface area contributed by atoms with Crippen LogP contribution in [0.2, 0.25) is 0 Å². The minimum Gasteiger partial charge on any atom is -0.496 e. The minimum absolute atomic E-state index is 0.141. The van der Waals surface area contributed by atoms with Crippen molar-refractivity contribution in [2.24, 2.45) is 0 Å². The Labute approximate surface area is 173 Å². The van der Waals surface area contributed by atoms with Gasteiger partial charge in [-0.25, -0.2) is 4.68 Å². The first-order valence-electron chi connectivity index (χ1n) is 9.99. The molecule has 30 heavy (non-hydrogen) atoms. The van der Waals surface area contributed by atoms with Crippen molar-refractivity contribution in [1.82, 2.24) is 19.7 Å². The van der Waals surface area contributed by atoms with E-state index >= 15 is 0 Å². The average molecular weight is 404 g/mol. The third-order valence-corrected chi connectivity index (χ3v) is 5.18. The number of hydrogen-bond donors (Lipinski definition) is 1. The van der Waals surface area contributed by atoms with E-state index in [1.165, 1.54) is 4.68 Å². The molecule has 4 rings (SSSR count). The summed E-state index contributed by atoms with van der Waals surface area (Å²) in [5, 5.41) is 8.92. The molecule has 0 fully saturated rings. The maximum Gasteiger partial charge on any atom is 0.291 e. The molecule has 7 nitrogen and oxygen atoms in total. The number of rotatable bonds is 7. The summed E-state index contributed by atoms with van der Waals surface area (Å²) >= 11 is 0. The number of hydrogen-bond acceptors (Lipinski definition) is 4. The standard InChI is InChI=1S/C23H24N4O3/c1-3-12-26-19-10-6-5-9-17(19)18-14-25-27(23(29)22(18)26)15-21(28)24-13-16-8-4-7-11-20(16)30-2/h4-11,14H,3,12-13,15H2,1-2H3,(H,24,28). The molecular weight excluding hydrogens is 380 g/mol. The molecule has 0 atom stereocenters. The summed E-state index contributed by atoms with van der Waals surface area (Å²) in [7, 11) is 1.59. The molecule has 0 aliphatic rings. The Hall–Kier alpha value is -3.61. The molecule has 2 aromatic carbocycles. The zero-order valence-electron chi connectivity index (χ0n) is 17.1. The Morgan fingerprint density at radius 3 is 2.67 bits per heavy atom. The highest BCUT2D eigenvalue weighted by Crippen LogP contribution is 2.26. The van der Waals surface area contributed by atoms with E-state index in [-0.39, 0.29) is 18.0 Å². The lowest BCUT2D eigenvalue weighted by molar-refractivity contribution is -0.122. The fraction of sp³-hybridized carbons (Fsp3) is 0.261. The smallest absolute Gasteiger partial charge is 0.291 e. The molecule has 0 aliphatic heterocycles. The van der Waals surface area contributed by atoms with Gasteiger partial charge in [-0.15, -0.1) is 0 Å². The quantitative estimate of drug-likeness (QED) is 0.513. The van der Waals surface area contributed by atoms with Crippen molar-refractivity contribution in [3.63, 3.8) is 0 Å². The molecule has 2 aromatic heterocycles. The predicted octanol–water partition coefficient (Wildman–Crippen LogP) is 3.09. The van der Waals surface area contributed by atoms with Crippen molar-refractivity contribution in [3.8, 4) is 5.75 Å². The molecule has 0 radical (unpaired) electrons. The van der Waals surface area contributed by atoms with E-state index in [1.807, 2.05) is 53.1 Å². The van der Waals surface area contributed by atoms with Gasteiger partial charge in [0.25, 0.3) is 5.56 Å². The highest BCUT2D eigenvalue weighted by atomic mass is 16.5. The zero-order valence-corrected chi connectivity index (χ0v) is 17.1. The van der Waals surface area contributed by atoms with Gasteiger partial charge in [0, 0.05) is 34.9 Å².